The molecule has 4 aliphatic heterocycles. The summed E-state index contributed by atoms with van der Waals surface area (Å²) in [6.45, 7) is 3.89. The number of rotatable bonds is 8. The minimum Gasteiger partial charge on any atom is -0.332 e. The van der Waals surface area contributed by atoms with E-state index in [4.69, 9.17) is 11.6 Å². The first-order chi connectivity index (χ1) is 19.8. The van der Waals surface area contributed by atoms with Gasteiger partial charge in [0.2, 0.25) is 21.8 Å². The van der Waals surface area contributed by atoms with Crippen LogP contribution in [0.5, 0.6) is 0 Å². The molecule has 1 N–H and O–H groups in total. The Bertz CT molecular complexity index is 1540. The van der Waals surface area contributed by atoms with Gasteiger partial charge in [-0.05, 0) is 85.3 Å². The first kappa shape index (κ1) is 28.2. The molecule has 2 amide bonds. The lowest BCUT2D eigenvalue weighted by Crippen LogP contribution is -2.60. The number of sulfonamides is 1. The molecule has 4 aliphatic rings. The van der Waals surface area contributed by atoms with Crippen molar-refractivity contribution in [3.05, 3.63) is 77.3 Å². The van der Waals surface area contributed by atoms with E-state index < -0.39 is 16.1 Å². The Balaban J connectivity index is 1.17. The van der Waals surface area contributed by atoms with Gasteiger partial charge in [-0.1, -0.05) is 54.1 Å². The molecule has 3 aromatic carbocycles. The third-order valence-electron chi connectivity index (χ3n) is 8.78. The molecule has 0 saturated carbocycles. The van der Waals surface area contributed by atoms with Gasteiger partial charge in [0.15, 0.2) is 0 Å². The van der Waals surface area contributed by atoms with Crippen LogP contribution in [0.1, 0.15) is 31.2 Å². The van der Waals surface area contributed by atoms with Crippen molar-refractivity contribution in [1.82, 2.24) is 19.4 Å². The minimum atomic E-state index is -3.96. The second-order valence-corrected chi connectivity index (χ2v) is 13.6. The van der Waals surface area contributed by atoms with Crippen molar-refractivity contribution in [3.8, 4) is 0 Å². The van der Waals surface area contributed by atoms with Gasteiger partial charge < -0.3 is 14.7 Å². The first-order valence-corrected chi connectivity index (χ1v) is 16.2. The van der Waals surface area contributed by atoms with Crippen molar-refractivity contribution < 1.29 is 18.0 Å². The van der Waals surface area contributed by atoms with Gasteiger partial charge in [0.1, 0.15) is 6.04 Å². The maximum absolute atomic E-state index is 13.9. The molecule has 2 atom stereocenters. The summed E-state index contributed by atoms with van der Waals surface area (Å²) < 4.78 is 29.2. The summed E-state index contributed by atoms with van der Waals surface area (Å²) in [5.41, 5.74) is 1.06. The predicted octanol–water partition coefficient (Wildman–Crippen LogP) is 3.89. The molecule has 4 saturated heterocycles. The van der Waals surface area contributed by atoms with Crippen LogP contribution in [-0.4, -0.2) is 79.7 Å². The van der Waals surface area contributed by atoms with E-state index in [-0.39, 0.29) is 29.3 Å². The van der Waals surface area contributed by atoms with Crippen molar-refractivity contribution in [2.24, 2.45) is 5.92 Å². The van der Waals surface area contributed by atoms with Crippen LogP contribution in [-0.2, 0) is 26.2 Å². The van der Waals surface area contributed by atoms with E-state index >= 15 is 0 Å². The Morgan fingerprint density at radius 1 is 0.951 bits per heavy atom. The van der Waals surface area contributed by atoms with Gasteiger partial charge in [0, 0.05) is 30.7 Å². The van der Waals surface area contributed by atoms with Crippen LogP contribution in [0.4, 0.5) is 0 Å². The highest BCUT2D eigenvalue weighted by molar-refractivity contribution is 7.89. The van der Waals surface area contributed by atoms with E-state index in [9.17, 15) is 18.0 Å². The van der Waals surface area contributed by atoms with Crippen LogP contribution in [0, 0.1) is 5.92 Å². The molecule has 2 bridgehead atoms. The van der Waals surface area contributed by atoms with Crippen LogP contribution in [0.25, 0.3) is 10.8 Å². The zero-order valence-corrected chi connectivity index (χ0v) is 24.5. The zero-order chi connectivity index (χ0) is 28.6. The average molecular weight is 595 g/mol. The third-order valence-corrected chi connectivity index (χ3v) is 10.5. The van der Waals surface area contributed by atoms with Crippen molar-refractivity contribution in [2.45, 2.75) is 49.2 Å². The molecule has 4 fully saturated rings. The van der Waals surface area contributed by atoms with Crippen LogP contribution >= 0.6 is 11.6 Å². The number of piperidine rings is 4. The second kappa shape index (κ2) is 11.7. The topological polar surface area (TPSA) is 90.0 Å². The Kier molecular flexibility index (Phi) is 8.05. The van der Waals surface area contributed by atoms with Gasteiger partial charge in [-0.3, -0.25) is 9.59 Å². The largest absolute Gasteiger partial charge is 0.332 e. The standard InChI is InChI=1S/C31H35ClN4O4S/c32-26-10-8-25-18-27(11-9-24(25)17-26)41(39,40)33-28-7-4-14-35(31(28)38)21-30(37)36(19-22-5-2-1-3-6-22)29-20-34-15-12-23(29)13-16-34/h1-3,5-6,8-11,17-18,23,28-29,33H,4,7,12-16,19-21H2/t28-,29?/m0/s1. The lowest BCUT2D eigenvalue weighted by atomic mass is 9.83. The number of fused-ring (bicyclic) bond motifs is 4. The van der Waals surface area contributed by atoms with Gasteiger partial charge in [-0.2, -0.15) is 4.72 Å². The Hall–Kier alpha value is -2.98. The lowest BCUT2D eigenvalue weighted by molar-refractivity contribution is -0.147. The molecule has 4 heterocycles. The second-order valence-electron chi connectivity index (χ2n) is 11.4. The summed E-state index contributed by atoms with van der Waals surface area (Å²) >= 11 is 6.06. The number of carbonyl (C=O) groups excluding carboxylic acids is 2. The number of nitrogens with zero attached hydrogens (tertiary/aromatic N) is 3. The van der Waals surface area contributed by atoms with Gasteiger partial charge >= 0.3 is 0 Å². The summed E-state index contributed by atoms with van der Waals surface area (Å²) in [6, 6.07) is 19.2. The summed E-state index contributed by atoms with van der Waals surface area (Å²) in [5.74, 6) is 0.0224. The van der Waals surface area contributed by atoms with E-state index in [0.717, 1.165) is 48.8 Å². The number of benzene rings is 3. The van der Waals surface area contributed by atoms with E-state index in [1.54, 1.807) is 30.3 Å². The first-order valence-electron chi connectivity index (χ1n) is 14.3. The molecule has 8 nitrogen and oxygen atoms in total. The van der Waals surface area contributed by atoms with Crippen molar-refractivity contribution in [2.75, 3.05) is 32.7 Å². The number of hydrogen-bond acceptors (Lipinski definition) is 5. The number of amides is 2. The molecule has 3 aromatic rings. The molecule has 0 aromatic heterocycles. The van der Waals surface area contributed by atoms with Crippen molar-refractivity contribution >= 4 is 44.2 Å². The van der Waals surface area contributed by atoms with E-state index in [1.807, 2.05) is 35.2 Å². The predicted molar refractivity (Wildman–Crippen MR) is 159 cm³/mol. The van der Waals surface area contributed by atoms with E-state index in [0.29, 0.717) is 36.9 Å². The van der Waals surface area contributed by atoms with E-state index in [2.05, 4.69) is 9.62 Å². The number of halogens is 1. The van der Waals surface area contributed by atoms with Crippen molar-refractivity contribution in [3.63, 3.8) is 0 Å². The highest BCUT2D eigenvalue weighted by atomic mass is 35.5. The smallest absolute Gasteiger partial charge is 0.242 e. The fourth-order valence-corrected chi connectivity index (χ4v) is 7.97. The SMILES string of the molecule is O=C1[C@@H](NS(=O)(=O)c2ccc3cc(Cl)ccc3c2)CCCN1CC(=O)N(Cc1ccccc1)C1CN2CCC1CC2. The molecule has 10 heteroatoms. The number of likely N-dealkylation sites (tertiary alicyclic amines) is 1. The zero-order valence-electron chi connectivity index (χ0n) is 22.9. The summed E-state index contributed by atoms with van der Waals surface area (Å²) in [6.07, 6.45) is 3.16. The molecule has 0 aliphatic carbocycles. The van der Waals surface area contributed by atoms with Gasteiger partial charge in [0.05, 0.1) is 11.4 Å². The highest BCUT2D eigenvalue weighted by Crippen LogP contribution is 2.32. The van der Waals surface area contributed by atoms with Crippen LogP contribution in [0.15, 0.2) is 71.6 Å². The average Bonchev–Trinajstić information content (AvgIpc) is 2.98. The summed E-state index contributed by atoms with van der Waals surface area (Å²) in [7, 11) is -3.96. The third kappa shape index (κ3) is 6.14. The fourth-order valence-electron chi connectivity index (χ4n) is 6.54. The number of nitrogens with one attached hydrogen (secondary N) is 1. The maximum atomic E-state index is 13.9. The summed E-state index contributed by atoms with van der Waals surface area (Å²) in [4.78, 5) is 33.4. The molecule has 41 heavy (non-hydrogen) atoms. The molecular formula is C31H35ClN4O4S. The number of hydrogen-bond donors (Lipinski definition) is 1. The molecule has 0 radical (unpaired) electrons. The monoisotopic (exact) mass is 594 g/mol. The highest BCUT2D eigenvalue weighted by Gasteiger charge is 2.41. The molecule has 216 valence electrons. The quantitative estimate of drug-likeness (QED) is 0.427. The maximum Gasteiger partial charge on any atom is 0.242 e. The normalized spacial score (nSPS) is 24.5. The molecular weight excluding hydrogens is 560 g/mol. The molecule has 7 rings (SSSR count). The van der Waals surface area contributed by atoms with Gasteiger partial charge in [-0.15, -0.1) is 0 Å². The fraction of sp³-hybridized carbons (Fsp3) is 0.419. The van der Waals surface area contributed by atoms with Crippen LogP contribution < -0.4 is 4.72 Å². The molecule has 1 unspecified atom stereocenters. The summed E-state index contributed by atoms with van der Waals surface area (Å²) in [5, 5.41) is 2.15. The van der Waals surface area contributed by atoms with Gasteiger partial charge in [-0.25, -0.2) is 8.42 Å². The Labute approximate surface area is 246 Å². The Morgan fingerprint density at radius 2 is 1.68 bits per heavy atom. The van der Waals surface area contributed by atoms with Gasteiger partial charge in [0.25, 0.3) is 0 Å². The number of carbonyl (C=O) groups is 2. The lowest BCUT2D eigenvalue weighted by Gasteiger charge is -2.49. The van der Waals surface area contributed by atoms with Crippen LogP contribution in [0.2, 0.25) is 5.02 Å². The molecule has 0 spiro atoms. The van der Waals surface area contributed by atoms with E-state index in [1.165, 1.54) is 11.0 Å². The minimum absolute atomic E-state index is 0.0517. The Morgan fingerprint density at radius 3 is 2.41 bits per heavy atom. The van der Waals surface area contributed by atoms with Crippen LogP contribution in [0.3, 0.4) is 0 Å². The van der Waals surface area contributed by atoms with Crippen molar-refractivity contribution in [1.29, 1.82) is 0 Å².